The van der Waals surface area contributed by atoms with Crippen LogP contribution in [0.2, 0.25) is 0 Å². The lowest BCUT2D eigenvalue weighted by Gasteiger charge is -2.52. The Kier molecular flexibility index (Phi) is 4.74. The van der Waals surface area contributed by atoms with Crippen molar-refractivity contribution < 1.29 is 9.90 Å². The van der Waals surface area contributed by atoms with Gasteiger partial charge < -0.3 is 5.11 Å². The van der Waals surface area contributed by atoms with Crippen LogP contribution in [0.1, 0.15) is 33.6 Å². The fourth-order valence-corrected chi connectivity index (χ4v) is 2.77. The maximum absolute atomic E-state index is 10.7. The van der Waals surface area contributed by atoms with Crippen LogP contribution in [0, 0.1) is 0 Å². The van der Waals surface area contributed by atoms with Crippen molar-refractivity contribution >= 4 is 5.97 Å². The molecule has 0 aromatic heterocycles. The fraction of sp³-hybridized carbons (Fsp3) is 0.917. The molecule has 2 heterocycles. The molecule has 0 aliphatic carbocycles. The summed E-state index contributed by atoms with van der Waals surface area (Å²) in [5.41, 5.74) is 0.217. The summed E-state index contributed by atoms with van der Waals surface area (Å²) in [6, 6.07) is 0. The molecule has 2 rings (SSSR count). The van der Waals surface area contributed by atoms with Crippen LogP contribution in [0.25, 0.3) is 0 Å². The number of rotatable bonds is 3. The second-order valence-electron chi connectivity index (χ2n) is 4.45. The number of carboxylic acids is 1. The highest BCUT2D eigenvalue weighted by Gasteiger charge is 2.49. The molecule has 2 aliphatic rings. The van der Waals surface area contributed by atoms with Gasteiger partial charge in [0.25, 0.3) is 0 Å². The molecule has 0 atom stereocenters. The third-order valence-electron chi connectivity index (χ3n) is 3.55. The summed E-state index contributed by atoms with van der Waals surface area (Å²) in [7, 11) is 0. The molecule has 94 valence electrons. The number of carboxylic acid groups (broad SMARTS) is 1. The van der Waals surface area contributed by atoms with E-state index in [2.05, 4.69) is 16.7 Å². The van der Waals surface area contributed by atoms with E-state index in [1.54, 1.807) is 0 Å². The standard InChI is InChI=1S/C10H18N2O2.C2H6/c1-2-11-7-10(8-11)4-3-5-12(10)6-9(13)14;1-2/h2-8H2,1H3,(H,13,14);1-2H3. The molecule has 0 radical (unpaired) electrons. The van der Waals surface area contributed by atoms with Crippen LogP contribution < -0.4 is 0 Å². The summed E-state index contributed by atoms with van der Waals surface area (Å²) in [4.78, 5) is 15.2. The Balaban J connectivity index is 0.000000606. The number of nitrogens with zero attached hydrogens (tertiary/aromatic N) is 2. The topological polar surface area (TPSA) is 43.8 Å². The first-order valence-corrected chi connectivity index (χ1v) is 6.35. The number of likely N-dealkylation sites (N-methyl/N-ethyl adjacent to an activating group) is 1. The molecule has 0 aromatic rings. The maximum atomic E-state index is 10.7. The fourth-order valence-electron chi connectivity index (χ4n) is 2.77. The van der Waals surface area contributed by atoms with Gasteiger partial charge >= 0.3 is 5.97 Å². The monoisotopic (exact) mass is 228 g/mol. The minimum atomic E-state index is -0.693. The van der Waals surface area contributed by atoms with E-state index in [-0.39, 0.29) is 12.1 Å². The maximum Gasteiger partial charge on any atom is 0.317 e. The van der Waals surface area contributed by atoms with Crippen LogP contribution >= 0.6 is 0 Å². The molecular formula is C12H24N2O2. The quantitative estimate of drug-likeness (QED) is 0.790. The van der Waals surface area contributed by atoms with Crippen molar-refractivity contribution in [1.29, 1.82) is 0 Å². The van der Waals surface area contributed by atoms with Gasteiger partial charge in [0.05, 0.1) is 6.54 Å². The summed E-state index contributed by atoms with van der Waals surface area (Å²) in [6.07, 6.45) is 2.33. The van der Waals surface area contributed by atoms with Crippen LogP contribution in [-0.2, 0) is 4.79 Å². The Labute approximate surface area is 98.2 Å². The Morgan fingerprint density at radius 2 is 2.00 bits per heavy atom. The van der Waals surface area contributed by atoms with Crippen molar-refractivity contribution in [2.24, 2.45) is 0 Å². The average Bonchev–Trinajstić information content (AvgIpc) is 2.61. The molecule has 1 spiro atoms. The molecule has 1 N–H and O–H groups in total. The van der Waals surface area contributed by atoms with Crippen LogP contribution in [-0.4, -0.2) is 59.1 Å². The number of hydrogen-bond acceptors (Lipinski definition) is 3. The Hall–Kier alpha value is -0.610. The number of aliphatic carboxylic acids is 1. The lowest BCUT2D eigenvalue weighted by Crippen LogP contribution is -2.68. The summed E-state index contributed by atoms with van der Waals surface area (Å²) in [6.45, 7) is 10.6. The molecular weight excluding hydrogens is 204 g/mol. The van der Waals surface area contributed by atoms with E-state index in [0.717, 1.165) is 32.6 Å². The van der Waals surface area contributed by atoms with Gasteiger partial charge in [-0.15, -0.1) is 0 Å². The first-order chi connectivity index (χ1) is 7.66. The van der Waals surface area contributed by atoms with Gasteiger partial charge in [-0.2, -0.15) is 0 Å². The Morgan fingerprint density at radius 3 is 2.50 bits per heavy atom. The average molecular weight is 228 g/mol. The lowest BCUT2D eigenvalue weighted by atomic mass is 9.87. The first kappa shape index (κ1) is 13.5. The van der Waals surface area contributed by atoms with Crippen molar-refractivity contribution in [2.75, 3.05) is 32.7 Å². The first-order valence-electron chi connectivity index (χ1n) is 6.35. The predicted molar refractivity (Wildman–Crippen MR) is 64.6 cm³/mol. The summed E-state index contributed by atoms with van der Waals surface area (Å²) < 4.78 is 0. The number of carbonyl (C=O) groups is 1. The van der Waals surface area contributed by atoms with Crippen molar-refractivity contribution in [3.63, 3.8) is 0 Å². The third-order valence-corrected chi connectivity index (χ3v) is 3.55. The molecule has 0 bridgehead atoms. The highest BCUT2D eigenvalue weighted by atomic mass is 16.4. The van der Waals surface area contributed by atoms with Gasteiger partial charge in [0.1, 0.15) is 0 Å². The molecule has 0 amide bonds. The SMILES string of the molecule is CC.CCN1CC2(CCCN2CC(=O)O)C1. The molecule has 16 heavy (non-hydrogen) atoms. The Morgan fingerprint density at radius 1 is 1.38 bits per heavy atom. The van der Waals surface area contributed by atoms with E-state index in [4.69, 9.17) is 5.11 Å². The number of hydrogen-bond donors (Lipinski definition) is 1. The molecule has 2 fully saturated rings. The third kappa shape index (κ3) is 2.55. The van der Waals surface area contributed by atoms with E-state index in [1.807, 2.05) is 13.8 Å². The molecule has 0 saturated carbocycles. The van der Waals surface area contributed by atoms with E-state index in [1.165, 1.54) is 6.42 Å². The molecule has 4 nitrogen and oxygen atoms in total. The molecule has 4 heteroatoms. The Bertz CT molecular complexity index is 237. The van der Waals surface area contributed by atoms with Crippen LogP contribution in [0.15, 0.2) is 0 Å². The summed E-state index contributed by atoms with van der Waals surface area (Å²) in [5, 5.41) is 8.79. The predicted octanol–water partition coefficient (Wildman–Crippen LogP) is 1.27. The second-order valence-corrected chi connectivity index (χ2v) is 4.45. The minimum Gasteiger partial charge on any atom is -0.480 e. The van der Waals surface area contributed by atoms with Crippen molar-refractivity contribution in [3.05, 3.63) is 0 Å². The molecule has 2 saturated heterocycles. The van der Waals surface area contributed by atoms with E-state index in [9.17, 15) is 4.79 Å². The molecule has 2 aliphatic heterocycles. The van der Waals surface area contributed by atoms with E-state index in [0.29, 0.717) is 0 Å². The smallest absolute Gasteiger partial charge is 0.317 e. The van der Waals surface area contributed by atoms with E-state index >= 15 is 0 Å². The molecule has 0 aromatic carbocycles. The zero-order valence-corrected chi connectivity index (χ0v) is 10.7. The number of likely N-dealkylation sites (tertiary alicyclic amines) is 2. The zero-order valence-electron chi connectivity index (χ0n) is 10.7. The van der Waals surface area contributed by atoms with Gasteiger partial charge in [0.15, 0.2) is 0 Å². The van der Waals surface area contributed by atoms with Gasteiger partial charge in [0.2, 0.25) is 0 Å². The van der Waals surface area contributed by atoms with Crippen LogP contribution in [0.4, 0.5) is 0 Å². The van der Waals surface area contributed by atoms with E-state index < -0.39 is 5.97 Å². The lowest BCUT2D eigenvalue weighted by molar-refractivity contribution is -0.141. The summed E-state index contributed by atoms with van der Waals surface area (Å²) in [5.74, 6) is -0.693. The summed E-state index contributed by atoms with van der Waals surface area (Å²) >= 11 is 0. The largest absolute Gasteiger partial charge is 0.480 e. The van der Waals surface area contributed by atoms with Crippen LogP contribution in [0.3, 0.4) is 0 Å². The second kappa shape index (κ2) is 5.64. The van der Waals surface area contributed by atoms with Gasteiger partial charge in [-0.3, -0.25) is 14.6 Å². The minimum absolute atomic E-state index is 0.217. The van der Waals surface area contributed by atoms with Gasteiger partial charge in [-0.25, -0.2) is 0 Å². The zero-order chi connectivity index (χ0) is 12.2. The highest BCUT2D eigenvalue weighted by Crippen LogP contribution is 2.36. The van der Waals surface area contributed by atoms with Gasteiger partial charge in [-0.1, -0.05) is 20.8 Å². The highest BCUT2D eigenvalue weighted by molar-refractivity contribution is 5.69. The van der Waals surface area contributed by atoms with Crippen molar-refractivity contribution in [3.8, 4) is 0 Å². The van der Waals surface area contributed by atoms with Gasteiger partial charge in [0, 0.05) is 18.6 Å². The van der Waals surface area contributed by atoms with Crippen molar-refractivity contribution in [2.45, 2.75) is 39.2 Å². The van der Waals surface area contributed by atoms with Gasteiger partial charge in [-0.05, 0) is 25.9 Å². The normalized spacial score (nSPS) is 23.7. The van der Waals surface area contributed by atoms with Crippen molar-refractivity contribution in [1.82, 2.24) is 9.80 Å². The molecule has 0 unspecified atom stereocenters. The van der Waals surface area contributed by atoms with Crippen LogP contribution in [0.5, 0.6) is 0 Å².